The van der Waals surface area contributed by atoms with Crippen molar-refractivity contribution < 1.29 is 9.53 Å². The fraction of sp³-hybridized carbons (Fsp3) is 0.471. The number of carbonyl (C=O) groups excluding carboxylic acids is 1. The Morgan fingerprint density at radius 3 is 2.76 bits per heavy atom. The molecule has 21 heavy (non-hydrogen) atoms. The number of amides is 1. The Bertz CT molecular complexity index is 486. The predicted octanol–water partition coefficient (Wildman–Crippen LogP) is 2.74. The summed E-state index contributed by atoms with van der Waals surface area (Å²) in [6, 6.07) is 6.25. The van der Waals surface area contributed by atoms with E-state index in [2.05, 4.69) is 37.1 Å². The molecule has 0 spiro atoms. The first-order valence-corrected chi connectivity index (χ1v) is 7.38. The van der Waals surface area contributed by atoms with E-state index in [1.165, 1.54) is 0 Å². The number of rotatable bonds is 8. The summed E-state index contributed by atoms with van der Waals surface area (Å²) in [6.07, 6.45) is 1.11. The maximum absolute atomic E-state index is 11.9. The van der Waals surface area contributed by atoms with E-state index in [0.29, 0.717) is 6.54 Å². The zero-order valence-corrected chi connectivity index (χ0v) is 13.4. The molecular formula is C17H26N2O2. The number of carbonyl (C=O) groups is 1. The van der Waals surface area contributed by atoms with Crippen molar-refractivity contribution in [3.8, 4) is 5.75 Å². The normalized spacial score (nSPS) is 13.3. The summed E-state index contributed by atoms with van der Waals surface area (Å²) in [5.41, 5.74) is 2.17. The Labute approximate surface area is 127 Å². The van der Waals surface area contributed by atoms with Crippen LogP contribution < -0.4 is 15.4 Å². The summed E-state index contributed by atoms with van der Waals surface area (Å²) >= 11 is 0. The van der Waals surface area contributed by atoms with Crippen LogP contribution >= 0.6 is 0 Å². The minimum absolute atomic E-state index is 0.140. The van der Waals surface area contributed by atoms with Crippen molar-refractivity contribution >= 4 is 5.91 Å². The standard InChI is InChI=1S/C17H26N2O2/c1-6-10-19-17(20)14(5)21-16-11-12(3)8-9-15(16)13(4)18-7-2/h6,8-9,11,13-14,18H,1,7,10H2,2-5H3,(H,19,20). The van der Waals surface area contributed by atoms with Gasteiger partial charge in [0, 0.05) is 18.2 Å². The van der Waals surface area contributed by atoms with Crippen molar-refractivity contribution in [2.45, 2.75) is 39.8 Å². The fourth-order valence-corrected chi connectivity index (χ4v) is 2.08. The lowest BCUT2D eigenvalue weighted by Gasteiger charge is -2.21. The third kappa shape index (κ3) is 5.23. The minimum atomic E-state index is -0.542. The average Bonchev–Trinajstić information content (AvgIpc) is 2.44. The lowest BCUT2D eigenvalue weighted by atomic mass is 10.0. The van der Waals surface area contributed by atoms with Crippen molar-refractivity contribution in [3.63, 3.8) is 0 Å². The molecule has 1 aromatic carbocycles. The molecule has 4 nitrogen and oxygen atoms in total. The molecule has 0 saturated heterocycles. The Morgan fingerprint density at radius 2 is 2.14 bits per heavy atom. The van der Waals surface area contributed by atoms with Gasteiger partial charge in [-0.05, 0) is 38.9 Å². The molecule has 2 atom stereocenters. The molecule has 0 bridgehead atoms. The number of hydrogen-bond donors (Lipinski definition) is 2. The molecule has 0 heterocycles. The van der Waals surface area contributed by atoms with Crippen LogP contribution in [0.2, 0.25) is 0 Å². The predicted molar refractivity (Wildman–Crippen MR) is 86.6 cm³/mol. The van der Waals surface area contributed by atoms with Crippen LogP contribution in [-0.4, -0.2) is 25.1 Å². The van der Waals surface area contributed by atoms with Gasteiger partial charge in [0.2, 0.25) is 0 Å². The molecule has 0 aliphatic heterocycles. The second-order valence-electron chi connectivity index (χ2n) is 5.11. The van der Waals surface area contributed by atoms with E-state index >= 15 is 0 Å². The van der Waals surface area contributed by atoms with Crippen LogP contribution in [0.5, 0.6) is 5.75 Å². The van der Waals surface area contributed by atoms with Crippen LogP contribution in [0, 0.1) is 6.92 Å². The Morgan fingerprint density at radius 1 is 1.43 bits per heavy atom. The van der Waals surface area contributed by atoms with E-state index in [1.807, 2.05) is 19.1 Å². The Kier molecular flexibility index (Phi) is 6.96. The Balaban J connectivity index is 2.87. The minimum Gasteiger partial charge on any atom is -0.481 e. The molecule has 2 N–H and O–H groups in total. The van der Waals surface area contributed by atoms with E-state index in [9.17, 15) is 4.79 Å². The van der Waals surface area contributed by atoms with Crippen molar-refractivity contribution in [2.24, 2.45) is 0 Å². The average molecular weight is 290 g/mol. The molecule has 0 saturated carbocycles. The molecule has 1 aromatic rings. The molecule has 4 heteroatoms. The smallest absolute Gasteiger partial charge is 0.261 e. The van der Waals surface area contributed by atoms with Gasteiger partial charge in [0.1, 0.15) is 5.75 Å². The third-order valence-corrected chi connectivity index (χ3v) is 3.24. The van der Waals surface area contributed by atoms with Gasteiger partial charge in [0.25, 0.3) is 5.91 Å². The third-order valence-electron chi connectivity index (χ3n) is 3.24. The molecule has 2 unspecified atom stereocenters. The van der Waals surface area contributed by atoms with Crippen LogP contribution in [0.25, 0.3) is 0 Å². The van der Waals surface area contributed by atoms with E-state index in [4.69, 9.17) is 4.74 Å². The summed E-state index contributed by atoms with van der Waals surface area (Å²) in [5, 5.41) is 6.11. The topological polar surface area (TPSA) is 50.4 Å². The molecule has 0 aliphatic rings. The first kappa shape index (κ1) is 17.2. The van der Waals surface area contributed by atoms with Crippen LogP contribution in [-0.2, 0) is 4.79 Å². The highest BCUT2D eigenvalue weighted by Gasteiger charge is 2.17. The van der Waals surface area contributed by atoms with E-state index in [-0.39, 0.29) is 11.9 Å². The van der Waals surface area contributed by atoms with Crippen LogP contribution in [0.1, 0.15) is 37.9 Å². The SMILES string of the molecule is C=CCNC(=O)C(C)Oc1cc(C)ccc1C(C)NCC. The molecule has 1 rings (SSSR count). The largest absolute Gasteiger partial charge is 0.481 e. The lowest BCUT2D eigenvalue weighted by Crippen LogP contribution is -2.36. The van der Waals surface area contributed by atoms with Gasteiger partial charge in [-0.3, -0.25) is 4.79 Å². The highest BCUT2D eigenvalue weighted by molar-refractivity contribution is 5.80. The van der Waals surface area contributed by atoms with Gasteiger partial charge in [-0.2, -0.15) is 0 Å². The summed E-state index contributed by atoms with van der Waals surface area (Å²) in [4.78, 5) is 11.9. The molecule has 0 radical (unpaired) electrons. The fourth-order valence-electron chi connectivity index (χ4n) is 2.08. The van der Waals surface area contributed by atoms with E-state index in [0.717, 1.165) is 23.4 Å². The molecule has 0 aromatic heterocycles. The molecule has 1 amide bonds. The van der Waals surface area contributed by atoms with Gasteiger partial charge in [-0.25, -0.2) is 0 Å². The van der Waals surface area contributed by atoms with Crippen LogP contribution in [0.3, 0.4) is 0 Å². The number of aryl methyl sites for hydroxylation is 1. The van der Waals surface area contributed by atoms with Gasteiger partial charge in [-0.15, -0.1) is 6.58 Å². The second kappa shape index (κ2) is 8.47. The monoisotopic (exact) mass is 290 g/mol. The van der Waals surface area contributed by atoms with E-state index < -0.39 is 6.10 Å². The molecule has 0 aliphatic carbocycles. The first-order chi connectivity index (χ1) is 9.99. The Hall–Kier alpha value is -1.81. The van der Waals surface area contributed by atoms with E-state index in [1.54, 1.807) is 13.0 Å². The van der Waals surface area contributed by atoms with Crippen LogP contribution in [0.4, 0.5) is 0 Å². The zero-order valence-electron chi connectivity index (χ0n) is 13.4. The summed E-state index contributed by atoms with van der Waals surface area (Å²) in [7, 11) is 0. The number of ether oxygens (including phenoxy) is 1. The zero-order chi connectivity index (χ0) is 15.8. The van der Waals surface area contributed by atoms with Gasteiger partial charge < -0.3 is 15.4 Å². The summed E-state index contributed by atoms with van der Waals surface area (Å²) in [5.74, 6) is 0.614. The maximum atomic E-state index is 11.9. The van der Waals surface area contributed by atoms with Crippen LogP contribution in [0.15, 0.2) is 30.9 Å². The van der Waals surface area contributed by atoms with Crippen molar-refractivity contribution in [1.29, 1.82) is 0 Å². The highest BCUT2D eigenvalue weighted by atomic mass is 16.5. The quantitative estimate of drug-likeness (QED) is 0.724. The van der Waals surface area contributed by atoms with Gasteiger partial charge in [0.05, 0.1) is 0 Å². The molecule has 0 fully saturated rings. The van der Waals surface area contributed by atoms with Crippen molar-refractivity contribution in [2.75, 3.05) is 13.1 Å². The van der Waals surface area contributed by atoms with Gasteiger partial charge in [-0.1, -0.05) is 25.1 Å². The number of benzene rings is 1. The van der Waals surface area contributed by atoms with Gasteiger partial charge in [0.15, 0.2) is 6.10 Å². The van der Waals surface area contributed by atoms with Crippen molar-refractivity contribution in [1.82, 2.24) is 10.6 Å². The summed E-state index contributed by atoms with van der Waals surface area (Å²) in [6.45, 7) is 12.8. The first-order valence-electron chi connectivity index (χ1n) is 7.38. The highest BCUT2D eigenvalue weighted by Crippen LogP contribution is 2.27. The van der Waals surface area contributed by atoms with Gasteiger partial charge >= 0.3 is 0 Å². The molecule has 116 valence electrons. The molecular weight excluding hydrogens is 264 g/mol. The number of hydrogen-bond acceptors (Lipinski definition) is 3. The lowest BCUT2D eigenvalue weighted by molar-refractivity contribution is -0.127. The van der Waals surface area contributed by atoms with Crippen molar-refractivity contribution in [3.05, 3.63) is 42.0 Å². The maximum Gasteiger partial charge on any atom is 0.261 e. The number of nitrogens with one attached hydrogen (secondary N) is 2. The summed E-state index contributed by atoms with van der Waals surface area (Å²) < 4.78 is 5.87. The second-order valence-corrected chi connectivity index (χ2v) is 5.11.